The lowest BCUT2D eigenvalue weighted by Crippen LogP contribution is -2.42. The molecule has 0 N–H and O–H groups in total. The van der Waals surface area contributed by atoms with Crippen molar-refractivity contribution >= 4 is 35.0 Å². The standard InChI is InChI=1S/C28H23N3O2/c1-3-30-27(32)25(20(2)26(19-29)28(30)33)18-21-14-16-24(17-15-21)31(22-10-6-4-7-11-22)23-12-8-5-9-13-23/h4-18H,3H2,1-2H3. The maximum Gasteiger partial charge on any atom is 0.271 e. The number of nitriles is 1. The number of likely N-dealkylation sites (N-methyl/N-ethyl adjacent to an activating group) is 1. The van der Waals surface area contributed by atoms with Crippen molar-refractivity contribution in [2.75, 3.05) is 11.4 Å². The second-order valence-electron chi connectivity index (χ2n) is 7.62. The van der Waals surface area contributed by atoms with Gasteiger partial charge in [0.05, 0.1) is 0 Å². The predicted octanol–water partition coefficient (Wildman–Crippen LogP) is 5.77. The van der Waals surface area contributed by atoms with E-state index in [9.17, 15) is 14.9 Å². The SMILES string of the molecule is CCN1C(=O)C(=Cc2ccc(N(c3ccccc3)c3ccccc3)cc2)C(C)=C(C#N)C1=O. The molecule has 0 aromatic heterocycles. The number of carbonyl (C=O) groups excluding carboxylic acids is 2. The quantitative estimate of drug-likeness (QED) is 0.379. The molecule has 3 aromatic carbocycles. The first-order valence-electron chi connectivity index (χ1n) is 10.7. The van der Waals surface area contributed by atoms with Crippen molar-refractivity contribution in [3.63, 3.8) is 0 Å². The van der Waals surface area contributed by atoms with Crippen LogP contribution in [-0.4, -0.2) is 23.3 Å². The van der Waals surface area contributed by atoms with Crippen LogP contribution in [0.5, 0.6) is 0 Å². The predicted molar refractivity (Wildman–Crippen MR) is 130 cm³/mol. The Kier molecular flexibility index (Phi) is 6.19. The van der Waals surface area contributed by atoms with Gasteiger partial charge in [0.25, 0.3) is 11.8 Å². The van der Waals surface area contributed by atoms with E-state index in [0.717, 1.165) is 27.5 Å². The molecule has 0 radical (unpaired) electrons. The minimum absolute atomic E-state index is 0.0126. The van der Waals surface area contributed by atoms with E-state index in [1.807, 2.05) is 66.7 Å². The molecular weight excluding hydrogens is 410 g/mol. The summed E-state index contributed by atoms with van der Waals surface area (Å²) in [6.45, 7) is 3.59. The van der Waals surface area contributed by atoms with E-state index in [-0.39, 0.29) is 18.0 Å². The second-order valence-corrected chi connectivity index (χ2v) is 7.62. The van der Waals surface area contributed by atoms with Gasteiger partial charge in [0.1, 0.15) is 11.6 Å². The van der Waals surface area contributed by atoms with Crippen LogP contribution in [-0.2, 0) is 9.59 Å². The zero-order chi connectivity index (χ0) is 23.4. The third-order valence-corrected chi connectivity index (χ3v) is 5.63. The van der Waals surface area contributed by atoms with Crippen molar-refractivity contribution in [1.82, 2.24) is 4.90 Å². The molecule has 3 aromatic rings. The summed E-state index contributed by atoms with van der Waals surface area (Å²) in [5.74, 6) is -0.908. The molecule has 0 saturated carbocycles. The highest BCUT2D eigenvalue weighted by molar-refractivity contribution is 6.19. The van der Waals surface area contributed by atoms with Crippen LogP contribution in [0, 0.1) is 11.3 Å². The minimum atomic E-state index is -0.531. The average Bonchev–Trinajstić information content (AvgIpc) is 2.85. The molecule has 0 saturated heterocycles. The number of amides is 2. The summed E-state index contributed by atoms with van der Waals surface area (Å²) < 4.78 is 0. The molecule has 1 aliphatic rings. The van der Waals surface area contributed by atoms with Crippen molar-refractivity contribution in [2.45, 2.75) is 13.8 Å². The highest BCUT2D eigenvalue weighted by Gasteiger charge is 2.34. The number of hydrogen-bond acceptors (Lipinski definition) is 4. The molecule has 0 bridgehead atoms. The Bertz CT molecular complexity index is 1240. The van der Waals surface area contributed by atoms with Gasteiger partial charge >= 0.3 is 0 Å². The Labute approximate surface area is 193 Å². The lowest BCUT2D eigenvalue weighted by molar-refractivity contribution is -0.140. The lowest BCUT2D eigenvalue weighted by atomic mass is 9.93. The summed E-state index contributed by atoms with van der Waals surface area (Å²) in [6.07, 6.45) is 1.74. The Balaban J connectivity index is 1.74. The van der Waals surface area contributed by atoms with Crippen molar-refractivity contribution < 1.29 is 9.59 Å². The number of hydrogen-bond donors (Lipinski definition) is 0. The number of rotatable bonds is 5. The van der Waals surface area contributed by atoms with Gasteiger partial charge in [0.15, 0.2) is 0 Å². The fourth-order valence-electron chi connectivity index (χ4n) is 3.90. The summed E-state index contributed by atoms with van der Waals surface area (Å²) in [6, 6.07) is 30.0. The van der Waals surface area contributed by atoms with Crippen molar-refractivity contribution in [3.05, 3.63) is 107 Å². The number of anilines is 3. The zero-order valence-corrected chi connectivity index (χ0v) is 18.5. The maximum atomic E-state index is 12.9. The van der Waals surface area contributed by atoms with Gasteiger partial charge < -0.3 is 4.90 Å². The summed E-state index contributed by atoms with van der Waals surface area (Å²) in [4.78, 5) is 28.5. The van der Waals surface area contributed by atoms with E-state index in [1.165, 1.54) is 0 Å². The first kappa shape index (κ1) is 21.8. The molecule has 0 aliphatic carbocycles. The number of para-hydroxylation sites is 2. The average molecular weight is 434 g/mol. The van der Waals surface area contributed by atoms with Gasteiger partial charge in [-0.05, 0) is 67.5 Å². The van der Waals surface area contributed by atoms with Gasteiger partial charge in [0.2, 0.25) is 0 Å². The first-order chi connectivity index (χ1) is 16.0. The molecule has 33 heavy (non-hydrogen) atoms. The Morgan fingerprint density at radius 2 is 1.33 bits per heavy atom. The maximum absolute atomic E-state index is 12.9. The van der Waals surface area contributed by atoms with E-state index in [0.29, 0.717) is 11.1 Å². The summed E-state index contributed by atoms with van der Waals surface area (Å²) in [5, 5.41) is 9.43. The van der Waals surface area contributed by atoms with E-state index >= 15 is 0 Å². The van der Waals surface area contributed by atoms with Crippen LogP contribution in [0.2, 0.25) is 0 Å². The number of carbonyl (C=O) groups is 2. The van der Waals surface area contributed by atoms with E-state index in [2.05, 4.69) is 29.2 Å². The fourth-order valence-corrected chi connectivity index (χ4v) is 3.90. The van der Waals surface area contributed by atoms with Gasteiger partial charge in [0, 0.05) is 29.2 Å². The Hall–Kier alpha value is -4.43. The monoisotopic (exact) mass is 433 g/mol. The molecule has 5 nitrogen and oxygen atoms in total. The molecule has 0 atom stereocenters. The molecule has 1 heterocycles. The minimum Gasteiger partial charge on any atom is -0.311 e. The highest BCUT2D eigenvalue weighted by Crippen LogP contribution is 2.34. The Morgan fingerprint density at radius 3 is 1.82 bits per heavy atom. The highest BCUT2D eigenvalue weighted by atomic mass is 16.2. The number of benzene rings is 3. The van der Waals surface area contributed by atoms with Gasteiger partial charge in [-0.1, -0.05) is 48.5 Å². The van der Waals surface area contributed by atoms with E-state index in [4.69, 9.17) is 0 Å². The van der Waals surface area contributed by atoms with Gasteiger partial charge in [-0.2, -0.15) is 5.26 Å². The molecule has 0 fully saturated rings. The van der Waals surface area contributed by atoms with Gasteiger partial charge in [-0.15, -0.1) is 0 Å². The third kappa shape index (κ3) is 4.19. The van der Waals surface area contributed by atoms with Crippen LogP contribution in [0.3, 0.4) is 0 Å². The van der Waals surface area contributed by atoms with Crippen LogP contribution in [0.4, 0.5) is 17.1 Å². The van der Waals surface area contributed by atoms with Gasteiger partial charge in [-0.25, -0.2) is 0 Å². The first-order valence-corrected chi connectivity index (χ1v) is 10.7. The van der Waals surface area contributed by atoms with Crippen molar-refractivity contribution in [1.29, 1.82) is 5.26 Å². The molecule has 0 unspecified atom stereocenters. The number of imide groups is 1. The largest absolute Gasteiger partial charge is 0.311 e. The second kappa shape index (κ2) is 9.37. The smallest absolute Gasteiger partial charge is 0.271 e. The molecule has 0 spiro atoms. The Morgan fingerprint density at radius 1 is 0.818 bits per heavy atom. The molecule has 162 valence electrons. The topological polar surface area (TPSA) is 64.4 Å². The van der Waals surface area contributed by atoms with Crippen LogP contribution in [0.1, 0.15) is 19.4 Å². The van der Waals surface area contributed by atoms with E-state index < -0.39 is 5.91 Å². The fraction of sp³-hybridized carbons (Fsp3) is 0.107. The molecule has 5 heteroatoms. The lowest BCUT2D eigenvalue weighted by Gasteiger charge is -2.26. The van der Waals surface area contributed by atoms with Crippen LogP contribution < -0.4 is 4.90 Å². The van der Waals surface area contributed by atoms with Crippen LogP contribution >= 0.6 is 0 Å². The molecular formula is C28H23N3O2. The van der Waals surface area contributed by atoms with E-state index in [1.54, 1.807) is 19.9 Å². The van der Waals surface area contributed by atoms with Crippen LogP contribution in [0.25, 0.3) is 6.08 Å². The number of nitrogens with zero attached hydrogens (tertiary/aromatic N) is 3. The zero-order valence-electron chi connectivity index (χ0n) is 18.5. The molecule has 1 aliphatic heterocycles. The van der Waals surface area contributed by atoms with Crippen molar-refractivity contribution in [2.24, 2.45) is 0 Å². The van der Waals surface area contributed by atoms with Crippen LogP contribution in [0.15, 0.2) is 102 Å². The third-order valence-electron chi connectivity index (χ3n) is 5.63. The normalized spacial score (nSPS) is 15.1. The molecule has 2 amide bonds. The summed E-state index contributed by atoms with van der Waals surface area (Å²) >= 11 is 0. The van der Waals surface area contributed by atoms with Crippen molar-refractivity contribution in [3.8, 4) is 6.07 Å². The summed E-state index contributed by atoms with van der Waals surface area (Å²) in [7, 11) is 0. The van der Waals surface area contributed by atoms with Gasteiger partial charge in [-0.3, -0.25) is 14.5 Å². The summed E-state index contributed by atoms with van der Waals surface area (Å²) in [5.41, 5.74) is 4.64. The molecule has 4 rings (SSSR count).